The summed E-state index contributed by atoms with van der Waals surface area (Å²) < 4.78 is 43.1. The Morgan fingerprint density at radius 1 is 1.23 bits per heavy atom. The molecule has 1 aromatic carbocycles. The van der Waals surface area contributed by atoms with Gasteiger partial charge in [0.2, 0.25) is 5.82 Å². The molecule has 1 aliphatic heterocycles. The molecule has 0 unspecified atom stereocenters. The third-order valence-corrected chi connectivity index (χ3v) is 5.13. The van der Waals surface area contributed by atoms with Crippen LogP contribution >= 0.6 is 15.9 Å². The van der Waals surface area contributed by atoms with Gasteiger partial charge in [-0.1, -0.05) is 12.8 Å². The van der Waals surface area contributed by atoms with Crippen molar-refractivity contribution in [3.8, 4) is 17.0 Å². The van der Waals surface area contributed by atoms with Gasteiger partial charge in [0.05, 0.1) is 12.4 Å². The molecule has 5 nitrogen and oxygen atoms in total. The molecule has 138 valence electrons. The van der Waals surface area contributed by atoms with Gasteiger partial charge in [-0.3, -0.25) is 4.79 Å². The Bertz CT molecular complexity index is 844. The molecule has 0 spiro atoms. The second-order valence-corrected chi connectivity index (χ2v) is 7.27. The lowest BCUT2D eigenvalue weighted by atomic mass is 10.1. The molecule has 1 aromatic heterocycles. The molecular weight excluding hydrogens is 415 g/mol. The van der Waals surface area contributed by atoms with Crippen molar-refractivity contribution >= 4 is 21.8 Å². The lowest BCUT2D eigenvalue weighted by molar-refractivity contribution is -0.274. The number of nitrogens with zero attached hydrogens (tertiary/aromatic N) is 3. The highest BCUT2D eigenvalue weighted by atomic mass is 79.9. The summed E-state index contributed by atoms with van der Waals surface area (Å²) in [6.07, 6.45) is -1.27. The van der Waals surface area contributed by atoms with Crippen molar-refractivity contribution in [3.05, 3.63) is 34.7 Å². The fourth-order valence-electron chi connectivity index (χ4n) is 3.11. The number of halogens is 4. The van der Waals surface area contributed by atoms with Crippen LogP contribution in [0, 0.1) is 5.92 Å². The lowest BCUT2D eigenvalue weighted by Crippen LogP contribution is -2.26. The first-order valence-corrected chi connectivity index (χ1v) is 9.02. The maximum Gasteiger partial charge on any atom is 0.573 e. The van der Waals surface area contributed by atoms with E-state index in [4.69, 9.17) is 0 Å². The molecule has 0 N–H and O–H groups in total. The summed E-state index contributed by atoms with van der Waals surface area (Å²) >= 11 is 3.35. The summed E-state index contributed by atoms with van der Waals surface area (Å²) in [4.78, 5) is 18.6. The minimum Gasteiger partial charge on any atom is -0.406 e. The van der Waals surface area contributed by atoms with Crippen molar-refractivity contribution in [2.45, 2.75) is 32.3 Å². The largest absolute Gasteiger partial charge is 0.573 e. The smallest absolute Gasteiger partial charge is 0.406 e. The predicted molar refractivity (Wildman–Crippen MR) is 90.4 cm³/mol. The van der Waals surface area contributed by atoms with Gasteiger partial charge in [-0.15, -0.1) is 13.2 Å². The minimum atomic E-state index is -4.73. The average Bonchev–Trinajstić information content (AvgIpc) is 3.27. The molecule has 26 heavy (non-hydrogen) atoms. The number of hydrogen-bond acceptors (Lipinski definition) is 3. The third-order valence-electron chi connectivity index (χ3n) is 4.58. The van der Waals surface area contributed by atoms with E-state index in [9.17, 15) is 18.0 Å². The molecule has 0 atom stereocenters. The first-order chi connectivity index (χ1) is 12.3. The summed E-state index contributed by atoms with van der Waals surface area (Å²) in [5.41, 5.74) is 1.32. The second-order valence-electron chi connectivity index (χ2n) is 6.52. The van der Waals surface area contributed by atoms with Crippen LogP contribution in [0.4, 0.5) is 13.2 Å². The Balaban J connectivity index is 1.57. The number of hydrogen-bond donors (Lipinski definition) is 0. The number of benzene rings is 1. The molecule has 2 aromatic rings. The van der Waals surface area contributed by atoms with Crippen LogP contribution in [0.2, 0.25) is 0 Å². The number of fused-ring (bicyclic) bond motifs is 1. The van der Waals surface area contributed by atoms with E-state index in [1.807, 2.05) is 0 Å². The van der Waals surface area contributed by atoms with E-state index < -0.39 is 6.36 Å². The average molecular weight is 430 g/mol. The number of aromatic nitrogens is 2. The number of rotatable bonds is 5. The summed E-state index contributed by atoms with van der Waals surface area (Å²) in [5.74, 6) is 0.664. The molecule has 1 saturated carbocycles. The first-order valence-electron chi connectivity index (χ1n) is 8.23. The Morgan fingerprint density at radius 3 is 2.54 bits per heavy atom. The second kappa shape index (κ2) is 6.29. The summed E-state index contributed by atoms with van der Waals surface area (Å²) in [5, 5.41) is 0. The molecule has 4 rings (SSSR count). The van der Waals surface area contributed by atoms with Crippen molar-refractivity contribution in [2.24, 2.45) is 5.92 Å². The maximum atomic E-state index is 12.5. The van der Waals surface area contributed by atoms with Crippen LogP contribution in [0.5, 0.6) is 5.75 Å². The molecule has 0 saturated heterocycles. The van der Waals surface area contributed by atoms with Crippen LogP contribution in [0.25, 0.3) is 11.3 Å². The van der Waals surface area contributed by atoms with E-state index in [0.717, 1.165) is 12.3 Å². The standard InChI is InChI=1S/C17H15BrF3N3O2/c18-14-13(11-3-5-12(6-4-11)26-17(19,20)21)24-9-23(8-7-10-1-2-10)16(25)15(24)22-14/h3-6,10H,1-2,7-9H2. The van der Waals surface area contributed by atoms with Crippen molar-refractivity contribution < 1.29 is 22.7 Å². The van der Waals surface area contributed by atoms with Crippen molar-refractivity contribution in [1.29, 1.82) is 0 Å². The van der Waals surface area contributed by atoms with Gasteiger partial charge in [0.15, 0.2) is 0 Å². The Morgan fingerprint density at radius 2 is 1.92 bits per heavy atom. The highest BCUT2D eigenvalue weighted by Gasteiger charge is 2.34. The monoisotopic (exact) mass is 429 g/mol. The molecule has 2 aliphatic rings. The van der Waals surface area contributed by atoms with Crippen molar-refractivity contribution in [1.82, 2.24) is 14.5 Å². The predicted octanol–water partition coefficient (Wildman–Crippen LogP) is 4.42. The zero-order chi connectivity index (χ0) is 18.5. The SMILES string of the molecule is O=C1c2nc(Br)c(-c3ccc(OC(F)(F)F)cc3)n2CN1CCC1CC1. The van der Waals surface area contributed by atoms with E-state index in [2.05, 4.69) is 25.7 Å². The summed E-state index contributed by atoms with van der Waals surface area (Å²) in [6.45, 7) is 1.10. The molecule has 1 aliphatic carbocycles. The third kappa shape index (κ3) is 3.44. The summed E-state index contributed by atoms with van der Waals surface area (Å²) in [7, 11) is 0. The van der Waals surface area contributed by atoms with Crippen LogP contribution in [0.3, 0.4) is 0 Å². The minimum absolute atomic E-state index is 0.116. The zero-order valence-corrected chi connectivity index (χ0v) is 15.2. The highest BCUT2D eigenvalue weighted by molar-refractivity contribution is 9.10. The van der Waals surface area contributed by atoms with Gasteiger partial charge in [-0.05, 0) is 52.5 Å². The van der Waals surface area contributed by atoms with Gasteiger partial charge < -0.3 is 14.2 Å². The van der Waals surface area contributed by atoms with Crippen LogP contribution in [-0.2, 0) is 6.67 Å². The van der Waals surface area contributed by atoms with E-state index in [1.165, 1.54) is 37.1 Å². The van der Waals surface area contributed by atoms with E-state index in [1.54, 1.807) is 9.47 Å². The van der Waals surface area contributed by atoms with Crippen LogP contribution in [0.1, 0.15) is 29.9 Å². The number of ether oxygens (including phenoxy) is 1. The number of alkyl halides is 3. The van der Waals surface area contributed by atoms with Crippen LogP contribution < -0.4 is 4.74 Å². The van der Waals surface area contributed by atoms with Gasteiger partial charge in [0.25, 0.3) is 5.91 Å². The topological polar surface area (TPSA) is 47.4 Å². The van der Waals surface area contributed by atoms with Crippen molar-refractivity contribution in [2.75, 3.05) is 6.54 Å². The molecule has 2 heterocycles. The van der Waals surface area contributed by atoms with E-state index >= 15 is 0 Å². The highest BCUT2D eigenvalue weighted by Crippen LogP contribution is 2.36. The molecule has 0 radical (unpaired) electrons. The van der Waals surface area contributed by atoms with Crippen molar-refractivity contribution in [3.63, 3.8) is 0 Å². The summed E-state index contributed by atoms with van der Waals surface area (Å²) in [6, 6.07) is 5.54. The normalized spacial score (nSPS) is 16.9. The van der Waals surface area contributed by atoms with Crippen LogP contribution in [-0.4, -0.2) is 33.3 Å². The Hall–Kier alpha value is -2.03. The number of carbonyl (C=O) groups excluding carboxylic acids is 1. The fourth-order valence-corrected chi connectivity index (χ4v) is 3.72. The number of amides is 1. The van der Waals surface area contributed by atoms with Gasteiger partial charge in [0, 0.05) is 12.1 Å². The van der Waals surface area contributed by atoms with Gasteiger partial charge >= 0.3 is 6.36 Å². The zero-order valence-electron chi connectivity index (χ0n) is 13.6. The molecule has 0 bridgehead atoms. The fraction of sp³-hybridized carbons (Fsp3) is 0.412. The van der Waals surface area contributed by atoms with Crippen LogP contribution in [0.15, 0.2) is 28.9 Å². The molecular formula is C17H15BrF3N3O2. The number of carbonyl (C=O) groups is 1. The van der Waals surface area contributed by atoms with Gasteiger partial charge in [-0.25, -0.2) is 4.98 Å². The van der Waals surface area contributed by atoms with Gasteiger partial charge in [0.1, 0.15) is 10.4 Å². The molecule has 1 amide bonds. The first kappa shape index (κ1) is 17.4. The maximum absolute atomic E-state index is 12.5. The molecule has 9 heteroatoms. The Kier molecular flexibility index (Phi) is 4.21. The molecule has 1 fully saturated rings. The Labute approximate surface area is 155 Å². The quantitative estimate of drug-likeness (QED) is 0.706. The lowest BCUT2D eigenvalue weighted by Gasteiger charge is -2.16. The van der Waals surface area contributed by atoms with E-state index in [0.29, 0.717) is 34.9 Å². The van der Waals surface area contributed by atoms with Gasteiger partial charge in [-0.2, -0.15) is 0 Å². The van der Waals surface area contributed by atoms with E-state index in [-0.39, 0.29) is 11.7 Å². The number of imidazole rings is 1.